The molecule has 0 radical (unpaired) electrons. The summed E-state index contributed by atoms with van der Waals surface area (Å²) in [4.78, 5) is 30.0. The van der Waals surface area contributed by atoms with Crippen molar-refractivity contribution >= 4 is 17.3 Å². The lowest BCUT2D eigenvalue weighted by Gasteiger charge is -2.28. The van der Waals surface area contributed by atoms with Crippen molar-refractivity contribution in [1.29, 1.82) is 0 Å². The van der Waals surface area contributed by atoms with E-state index in [4.69, 9.17) is 0 Å². The molecule has 0 aliphatic heterocycles. The highest BCUT2D eigenvalue weighted by Gasteiger charge is 2.27. The molecular weight excluding hydrogens is 356 g/mol. The van der Waals surface area contributed by atoms with E-state index in [9.17, 15) is 14.9 Å². The summed E-state index contributed by atoms with van der Waals surface area (Å²) in [5, 5.41) is 14.1. The molecule has 1 amide bonds. The van der Waals surface area contributed by atoms with Gasteiger partial charge in [0.15, 0.2) is 0 Å². The lowest BCUT2D eigenvalue weighted by Crippen LogP contribution is -2.32. The van der Waals surface area contributed by atoms with Gasteiger partial charge in [0.2, 0.25) is 0 Å². The molecule has 3 rings (SSSR count). The summed E-state index contributed by atoms with van der Waals surface area (Å²) in [5.74, 6) is -0.328. The number of hydrogen-bond donors (Lipinski definition) is 1. The first-order valence-electron chi connectivity index (χ1n) is 8.72. The van der Waals surface area contributed by atoms with Crippen LogP contribution in [0.15, 0.2) is 72.9 Å². The van der Waals surface area contributed by atoms with E-state index in [2.05, 4.69) is 10.3 Å². The molecule has 7 nitrogen and oxygen atoms in total. The zero-order valence-electron chi connectivity index (χ0n) is 15.6. The van der Waals surface area contributed by atoms with Gasteiger partial charge in [-0.25, -0.2) is 0 Å². The Morgan fingerprint density at radius 2 is 1.82 bits per heavy atom. The van der Waals surface area contributed by atoms with Crippen molar-refractivity contribution in [3.8, 4) is 0 Å². The number of nitrogens with zero attached hydrogens (tertiary/aromatic N) is 3. The molecule has 28 heavy (non-hydrogen) atoms. The maximum Gasteiger partial charge on any atom is 0.293 e. The van der Waals surface area contributed by atoms with E-state index in [-0.39, 0.29) is 17.2 Å². The minimum Gasteiger partial charge on any atom is -0.383 e. The Bertz CT molecular complexity index is 938. The van der Waals surface area contributed by atoms with E-state index in [1.807, 2.05) is 48.5 Å². The number of benzene rings is 2. The molecule has 3 aromatic rings. The molecule has 7 heteroatoms. The highest BCUT2D eigenvalue weighted by molar-refractivity contribution is 5.96. The highest BCUT2D eigenvalue weighted by Crippen LogP contribution is 2.30. The summed E-state index contributed by atoms with van der Waals surface area (Å²) in [6.07, 6.45) is 1.68. The number of pyridine rings is 1. The second-order valence-corrected chi connectivity index (χ2v) is 6.22. The first-order chi connectivity index (χ1) is 13.5. The van der Waals surface area contributed by atoms with Crippen molar-refractivity contribution in [2.45, 2.75) is 6.04 Å². The van der Waals surface area contributed by atoms with Gasteiger partial charge in [-0.15, -0.1) is 0 Å². The Hall–Kier alpha value is -3.74. The Morgan fingerprint density at radius 3 is 2.43 bits per heavy atom. The Kier molecular flexibility index (Phi) is 5.64. The van der Waals surface area contributed by atoms with Crippen LogP contribution in [0.3, 0.4) is 0 Å². The van der Waals surface area contributed by atoms with Gasteiger partial charge in [0, 0.05) is 31.9 Å². The van der Waals surface area contributed by atoms with E-state index in [0.29, 0.717) is 11.4 Å². The number of carbonyl (C=O) groups is 1. The van der Waals surface area contributed by atoms with E-state index >= 15 is 0 Å². The monoisotopic (exact) mass is 376 g/mol. The molecule has 1 aromatic heterocycles. The molecular formula is C21H20N4O3. The number of nitrogens with one attached hydrogen (secondary N) is 1. The number of hydrogen-bond acceptors (Lipinski definition) is 5. The molecule has 1 heterocycles. The smallest absolute Gasteiger partial charge is 0.293 e. The van der Waals surface area contributed by atoms with E-state index in [1.165, 1.54) is 12.1 Å². The molecule has 0 fully saturated rings. The van der Waals surface area contributed by atoms with Gasteiger partial charge in [0.25, 0.3) is 11.6 Å². The van der Waals surface area contributed by atoms with Crippen molar-refractivity contribution in [3.05, 3.63) is 99.9 Å². The van der Waals surface area contributed by atoms with Crippen LogP contribution in [0.2, 0.25) is 0 Å². The minimum absolute atomic E-state index is 0.143. The quantitative estimate of drug-likeness (QED) is 0.521. The molecule has 0 saturated carbocycles. The van der Waals surface area contributed by atoms with Gasteiger partial charge in [0.1, 0.15) is 5.69 Å². The maximum atomic E-state index is 13.2. The largest absolute Gasteiger partial charge is 0.383 e. The second kappa shape index (κ2) is 8.30. The molecule has 0 aliphatic carbocycles. The van der Waals surface area contributed by atoms with Gasteiger partial charge in [-0.05, 0) is 29.8 Å². The number of carbonyl (C=O) groups excluding carboxylic acids is 1. The zero-order valence-corrected chi connectivity index (χ0v) is 15.6. The number of rotatable bonds is 6. The Labute approximate surface area is 162 Å². The Balaban J connectivity index is 2.02. The van der Waals surface area contributed by atoms with Gasteiger partial charge in [0.05, 0.1) is 16.7 Å². The summed E-state index contributed by atoms with van der Waals surface area (Å²) in [6, 6.07) is 19.1. The van der Waals surface area contributed by atoms with Gasteiger partial charge in [-0.2, -0.15) is 0 Å². The lowest BCUT2D eigenvalue weighted by molar-refractivity contribution is -0.384. The molecule has 0 spiro atoms. The van der Waals surface area contributed by atoms with Crippen LogP contribution in [0.1, 0.15) is 27.7 Å². The standard InChI is InChI=1S/C21H20N4O3/c1-22-17-12-11-16(14-19(17)25(27)28)21(26)24(2)20(15-8-4-3-5-9-15)18-10-6-7-13-23-18/h3-14,20,22H,1-2H3. The predicted octanol–water partition coefficient (Wildman–Crippen LogP) is 3.89. The summed E-state index contributed by atoms with van der Waals surface area (Å²) >= 11 is 0. The number of amides is 1. The number of anilines is 1. The van der Waals surface area contributed by atoms with Crippen molar-refractivity contribution in [2.24, 2.45) is 0 Å². The molecule has 1 N–H and O–H groups in total. The Morgan fingerprint density at radius 1 is 1.11 bits per heavy atom. The van der Waals surface area contributed by atoms with Crippen LogP contribution in [0.5, 0.6) is 0 Å². The fourth-order valence-corrected chi connectivity index (χ4v) is 3.11. The third kappa shape index (κ3) is 3.83. The summed E-state index contributed by atoms with van der Waals surface area (Å²) in [6.45, 7) is 0. The average molecular weight is 376 g/mol. The fourth-order valence-electron chi connectivity index (χ4n) is 3.11. The van der Waals surface area contributed by atoms with Gasteiger partial charge >= 0.3 is 0 Å². The molecule has 1 atom stereocenters. The van der Waals surface area contributed by atoms with Crippen LogP contribution in [-0.2, 0) is 0 Å². The van der Waals surface area contributed by atoms with Crippen LogP contribution >= 0.6 is 0 Å². The predicted molar refractivity (Wildman–Crippen MR) is 107 cm³/mol. The SMILES string of the molecule is CNc1ccc(C(=O)N(C)C(c2ccccc2)c2ccccn2)cc1[N+](=O)[O-]. The van der Waals surface area contributed by atoms with Gasteiger partial charge in [-0.3, -0.25) is 19.9 Å². The molecule has 0 aliphatic rings. The minimum atomic E-state index is -0.504. The maximum absolute atomic E-state index is 13.2. The summed E-state index contributed by atoms with van der Waals surface area (Å²) in [7, 11) is 3.27. The van der Waals surface area contributed by atoms with Crippen LogP contribution in [0, 0.1) is 10.1 Å². The van der Waals surface area contributed by atoms with E-state index in [1.54, 1.807) is 31.3 Å². The highest BCUT2D eigenvalue weighted by atomic mass is 16.6. The average Bonchev–Trinajstić information content (AvgIpc) is 2.74. The third-order valence-electron chi connectivity index (χ3n) is 4.50. The van der Waals surface area contributed by atoms with Crippen molar-refractivity contribution < 1.29 is 9.72 Å². The van der Waals surface area contributed by atoms with E-state index < -0.39 is 11.0 Å². The zero-order chi connectivity index (χ0) is 20.1. The molecule has 0 bridgehead atoms. The topological polar surface area (TPSA) is 88.4 Å². The number of nitro groups is 1. The molecule has 2 aromatic carbocycles. The van der Waals surface area contributed by atoms with Gasteiger partial charge < -0.3 is 10.2 Å². The van der Waals surface area contributed by atoms with Crippen LogP contribution < -0.4 is 5.32 Å². The third-order valence-corrected chi connectivity index (χ3v) is 4.50. The van der Waals surface area contributed by atoms with E-state index in [0.717, 1.165) is 5.56 Å². The van der Waals surface area contributed by atoms with Crippen molar-refractivity contribution in [2.75, 3.05) is 19.4 Å². The second-order valence-electron chi connectivity index (χ2n) is 6.22. The lowest BCUT2D eigenvalue weighted by atomic mass is 10.0. The van der Waals surface area contributed by atoms with Crippen molar-refractivity contribution in [1.82, 2.24) is 9.88 Å². The first kappa shape index (κ1) is 19.0. The van der Waals surface area contributed by atoms with Crippen LogP contribution in [0.4, 0.5) is 11.4 Å². The summed E-state index contributed by atoms with van der Waals surface area (Å²) in [5.41, 5.74) is 2.07. The normalized spacial score (nSPS) is 11.5. The number of aromatic nitrogens is 1. The van der Waals surface area contributed by atoms with Gasteiger partial charge in [-0.1, -0.05) is 36.4 Å². The summed E-state index contributed by atoms with van der Waals surface area (Å²) < 4.78 is 0. The molecule has 1 unspecified atom stereocenters. The fraction of sp³-hybridized carbons (Fsp3) is 0.143. The van der Waals surface area contributed by atoms with Crippen LogP contribution in [0.25, 0.3) is 0 Å². The first-order valence-corrected chi connectivity index (χ1v) is 8.72. The number of nitro benzene ring substituents is 1. The van der Waals surface area contributed by atoms with Crippen LogP contribution in [-0.4, -0.2) is 34.8 Å². The molecule has 0 saturated heterocycles. The molecule has 142 valence electrons. The van der Waals surface area contributed by atoms with Crippen molar-refractivity contribution in [3.63, 3.8) is 0 Å².